The maximum atomic E-state index is 13.1. The summed E-state index contributed by atoms with van der Waals surface area (Å²) in [4.78, 5) is 11.9. The minimum atomic E-state index is -0.673. The quantitative estimate of drug-likeness (QED) is 0.688. The van der Waals surface area contributed by atoms with E-state index >= 15 is 0 Å². The fourth-order valence-corrected chi connectivity index (χ4v) is 1.75. The highest BCUT2D eigenvalue weighted by Crippen LogP contribution is 2.20. The lowest BCUT2D eigenvalue weighted by atomic mass is 10.2. The van der Waals surface area contributed by atoms with Crippen LogP contribution in [0.3, 0.4) is 0 Å². The number of ether oxygens (including phenoxy) is 2. The van der Waals surface area contributed by atoms with Gasteiger partial charge < -0.3 is 15.2 Å². The van der Waals surface area contributed by atoms with E-state index in [0.717, 1.165) is 11.6 Å². The molecule has 0 radical (unpaired) electrons. The average molecular weight is 275 g/mol. The van der Waals surface area contributed by atoms with Crippen LogP contribution in [0.1, 0.15) is 15.9 Å². The van der Waals surface area contributed by atoms with E-state index in [1.54, 1.807) is 12.1 Å². The van der Waals surface area contributed by atoms with Gasteiger partial charge >= 0.3 is 5.97 Å². The summed E-state index contributed by atoms with van der Waals surface area (Å²) in [6, 6.07) is 10.7. The monoisotopic (exact) mass is 275 g/mol. The molecule has 0 heterocycles. The number of carbonyl (C=O) groups is 1. The van der Waals surface area contributed by atoms with Crippen molar-refractivity contribution in [3.8, 4) is 5.75 Å². The molecule has 0 spiro atoms. The molecule has 0 aliphatic carbocycles. The molecule has 0 amide bonds. The molecule has 0 bridgehead atoms. The number of methoxy groups -OCH3 is 1. The van der Waals surface area contributed by atoms with Crippen LogP contribution in [0.4, 0.5) is 10.1 Å². The molecule has 0 saturated heterocycles. The molecule has 0 aliphatic heterocycles. The Labute approximate surface area is 115 Å². The summed E-state index contributed by atoms with van der Waals surface area (Å²) in [5, 5.41) is 0. The molecule has 0 aliphatic rings. The van der Waals surface area contributed by atoms with Crippen LogP contribution >= 0.6 is 0 Å². The van der Waals surface area contributed by atoms with Crippen LogP contribution in [0.25, 0.3) is 0 Å². The van der Waals surface area contributed by atoms with Gasteiger partial charge in [0.05, 0.1) is 12.7 Å². The first-order chi connectivity index (χ1) is 9.61. The van der Waals surface area contributed by atoms with Gasteiger partial charge in [0.25, 0.3) is 0 Å². The molecule has 0 saturated carbocycles. The summed E-state index contributed by atoms with van der Waals surface area (Å²) in [7, 11) is 1.53. The number of anilines is 1. The van der Waals surface area contributed by atoms with Crippen molar-refractivity contribution >= 4 is 11.7 Å². The zero-order valence-corrected chi connectivity index (χ0v) is 10.9. The minimum Gasteiger partial charge on any atom is -0.496 e. The van der Waals surface area contributed by atoms with Gasteiger partial charge in [-0.1, -0.05) is 18.2 Å². The van der Waals surface area contributed by atoms with Crippen LogP contribution < -0.4 is 10.5 Å². The Morgan fingerprint density at radius 1 is 1.25 bits per heavy atom. The van der Waals surface area contributed by atoms with E-state index in [1.807, 2.05) is 12.1 Å². The van der Waals surface area contributed by atoms with E-state index < -0.39 is 11.8 Å². The first-order valence-electron chi connectivity index (χ1n) is 5.96. The highest BCUT2D eigenvalue weighted by atomic mass is 19.1. The molecule has 4 nitrogen and oxygen atoms in total. The Hall–Kier alpha value is -2.56. The third-order valence-electron chi connectivity index (χ3n) is 2.79. The fraction of sp³-hybridized carbons (Fsp3) is 0.133. The van der Waals surface area contributed by atoms with Crippen LogP contribution in [0.2, 0.25) is 0 Å². The van der Waals surface area contributed by atoms with Gasteiger partial charge in [-0.3, -0.25) is 0 Å². The summed E-state index contributed by atoms with van der Waals surface area (Å²) in [5.41, 5.74) is 6.53. The maximum absolute atomic E-state index is 13.1. The van der Waals surface area contributed by atoms with Gasteiger partial charge in [-0.2, -0.15) is 0 Å². The number of hydrogen-bond donors (Lipinski definition) is 1. The number of halogens is 1. The van der Waals surface area contributed by atoms with Gasteiger partial charge in [0.15, 0.2) is 0 Å². The zero-order valence-electron chi connectivity index (χ0n) is 10.9. The molecule has 2 rings (SSSR count). The van der Waals surface area contributed by atoms with Gasteiger partial charge in [0.1, 0.15) is 18.2 Å². The molecule has 2 aromatic carbocycles. The molecule has 104 valence electrons. The van der Waals surface area contributed by atoms with Gasteiger partial charge in [0, 0.05) is 11.3 Å². The molecular formula is C15H14FNO3. The van der Waals surface area contributed by atoms with Crippen LogP contribution in [0, 0.1) is 5.82 Å². The number of nitrogens with two attached hydrogens (primary N) is 1. The van der Waals surface area contributed by atoms with E-state index in [4.69, 9.17) is 15.2 Å². The number of para-hydroxylation sites is 1. The Bertz CT molecular complexity index is 628. The molecular weight excluding hydrogens is 261 g/mol. The van der Waals surface area contributed by atoms with Gasteiger partial charge in [0.2, 0.25) is 0 Å². The third kappa shape index (κ3) is 3.06. The Morgan fingerprint density at radius 3 is 2.75 bits per heavy atom. The number of carbonyl (C=O) groups excluding carboxylic acids is 1. The second-order valence-electron chi connectivity index (χ2n) is 4.12. The third-order valence-corrected chi connectivity index (χ3v) is 2.79. The largest absolute Gasteiger partial charge is 0.496 e. The van der Waals surface area contributed by atoms with Crippen molar-refractivity contribution in [2.24, 2.45) is 0 Å². The number of esters is 1. The van der Waals surface area contributed by atoms with Crippen molar-refractivity contribution in [2.75, 3.05) is 12.8 Å². The summed E-state index contributed by atoms with van der Waals surface area (Å²) < 4.78 is 23.4. The topological polar surface area (TPSA) is 61.5 Å². The summed E-state index contributed by atoms with van der Waals surface area (Å²) in [6.45, 7) is 0.0266. The Kier molecular flexibility index (Phi) is 4.20. The maximum Gasteiger partial charge on any atom is 0.340 e. The number of hydrogen-bond acceptors (Lipinski definition) is 4. The molecule has 0 aromatic heterocycles. The first-order valence-corrected chi connectivity index (χ1v) is 5.96. The fourth-order valence-electron chi connectivity index (χ4n) is 1.75. The second-order valence-corrected chi connectivity index (χ2v) is 4.12. The van der Waals surface area contributed by atoms with Crippen LogP contribution in [-0.2, 0) is 11.3 Å². The van der Waals surface area contributed by atoms with Crippen molar-refractivity contribution < 1.29 is 18.7 Å². The molecule has 5 heteroatoms. The van der Waals surface area contributed by atoms with Crippen molar-refractivity contribution in [2.45, 2.75) is 6.61 Å². The standard InChI is InChI=1S/C15H14FNO3/c1-19-14-5-3-2-4-10(14)9-20-15(18)12-8-11(16)6-7-13(12)17/h2-8H,9,17H2,1H3. The van der Waals surface area contributed by atoms with Crippen molar-refractivity contribution in [3.05, 3.63) is 59.4 Å². The van der Waals surface area contributed by atoms with E-state index in [-0.39, 0.29) is 17.9 Å². The van der Waals surface area contributed by atoms with Gasteiger partial charge in [-0.05, 0) is 24.3 Å². The van der Waals surface area contributed by atoms with Gasteiger partial charge in [-0.15, -0.1) is 0 Å². The van der Waals surface area contributed by atoms with E-state index in [9.17, 15) is 9.18 Å². The Morgan fingerprint density at radius 2 is 2.00 bits per heavy atom. The summed E-state index contributed by atoms with van der Waals surface area (Å²) in [5.74, 6) is -0.594. The molecule has 2 aromatic rings. The number of rotatable bonds is 4. The lowest BCUT2D eigenvalue weighted by Gasteiger charge is -2.10. The molecule has 20 heavy (non-hydrogen) atoms. The Balaban J connectivity index is 2.11. The molecule has 2 N–H and O–H groups in total. The summed E-state index contributed by atoms with van der Waals surface area (Å²) in [6.07, 6.45) is 0. The normalized spacial score (nSPS) is 10.1. The van der Waals surface area contributed by atoms with E-state index in [0.29, 0.717) is 5.75 Å². The summed E-state index contributed by atoms with van der Waals surface area (Å²) >= 11 is 0. The smallest absolute Gasteiger partial charge is 0.340 e. The number of benzene rings is 2. The number of nitrogen functional groups attached to an aromatic ring is 1. The van der Waals surface area contributed by atoms with E-state index in [2.05, 4.69) is 0 Å². The first kappa shape index (κ1) is 13.9. The van der Waals surface area contributed by atoms with Crippen molar-refractivity contribution in [1.82, 2.24) is 0 Å². The van der Waals surface area contributed by atoms with Crippen molar-refractivity contribution in [1.29, 1.82) is 0 Å². The highest BCUT2D eigenvalue weighted by Gasteiger charge is 2.13. The van der Waals surface area contributed by atoms with Crippen LogP contribution in [0.15, 0.2) is 42.5 Å². The molecule has 0 unspecified atom stereocenters. The lowest BCUT2D eigenvalue weighted by molar-refractivity contribution is 0.0471. The zero-order chi connectivity index (χ0) is 14.5. The lowest BCUT2D eigenvalue weighted by Crippen LogP contribution is -2.09. The minimum absolute atomic E-state index is 0.0138. The van der Waals surface area contributed by atoms with Crippen LogP contribution in [-0.4, -0.2) is 13.1 Å². The molecule has 0 atom stereocenters. The predicted octanol–water partition coefficient (Wildman–Crippen LogP) is 2.77. The molecule has 0 fully saturated rings. The van der Waals surface area contributed by atoms with Crippen LogP contribution in [0.5, 0.6) is 5.75 Å². The predicted molar refractivity (Wildman–Crippen MR) is 72.9 cm³/mol. The second kappa shape index (κ2) is 6.06. The van der Waals surface area contributed by atoms with E-state index in [1.165, 1.54) is 19.2 Å². The van der Waals surface area contributed by atoms with Gasteiger partial charge in [-0.25, -0.2) is 9.18 Å². The SMILES string of the molecule is COc1ccccc1COC(=O)c1cc(F)ccc1N. The van der Waals surface area contributed by atoms with Crippen molar-refractivity contribution in [3.63, 3.8) is 0 Å². The average Bonchev–Trinajstić information content (AvgIpc) is 2.47. The highest BCUT2D eigenvalue weighted by molar-refractivity contribution is 5.95.